The van der Waals surface area contributed by atoms with E-state index in [-0.39, 0.29) is 13.0 Å². The molecule has 0 unspecified atom stereocenters. The lowest BCUT2D eigenvalue weighted by Gasteiger charge is -2.50. The minimum absolute atomic E-state index is 0.0931. The van der Waals surface area contributed by atoms with Gasteiger partial charge in [-0.25, -0.2) is 9.59 Å². The highest BCUT2D eigenvalue weighted by Crippen LogP contribution is 2.37. The summed E-state index contributed by atoms with van der Waals surface area (Å²) in [7, 11) is 0. The molecule has 416 valence electrons. The van der Waals surface area contributed by atoms with Gasteiger partial charge in [0.1, 0.15) is 42.7 Å². The van der Waals surface area contributed by atoms with Crippen LogP contribution >= 0.6 is 0 Å². The van der Waals surface area contributed by atoms with E-state index in [1.807, 2.05) is 0 Å². The normalized spacial score (nSPS) is 25.8. The van der Waals surface area contributed by atoms with Crippen LogP contribution in [0.4, 0.5) is 0 Å². The number of rotatable bonds is 42. The van der Waals surface area contributed by atoms with Gasteiger partial charge in [0.2, 0.25) is 11.8 Å². The number of aliphatic carboxylic acids is 1. The number of carboxylic acid groups (broad SMARTS) is 1. The van der Waals surface area contributed by atoms with E-state index in [2.05, 4.69) is 24.5 Å². The van der Waals surface area contributed by atoms with Crippen molar-refractivity contribution in [1.29, 1.82) is 0 Å². The van der Waals surface area contributed by atoms with Gasteiger partial charge in [-0.05, 0) is 12.8 Å². The van der Waals surface area contributed by atoms with E-state index in [1.165, 1.54) is 109 Å². The van der Waals surface area contributed by atoms with Crippen LogP contribution in [0.3, 0.4) is 0 Å². The summed E-state index contributed by atoms with van der Waals surface area (Å²) in [5.41, 5.74) is 0. The fourth-order valence-corrected chi connectivity index (χ4v) is 9.30. The molecule has 0 aromatic heterocycles. The summed E-state index contributed by atoms with van der Waals surface area (Å²) in [4.78, 5) is 51.7. The molecule has 2 saturated heterocycles. The SMILES string of the molecule is CCCCCCCCCCCCCCCCCC(=O)N[C@@H](CO[C@@H]1O[C@H](CO)[C@H](O)[C@H](O[C@]2(C(=O)O)C[C@H](O)[C@@H](NC(C)=O)[C@H]([C@H](O)[C@H](O)CO)O2)[C@H]1O)C(=O)OCCCCCCCCCCCCCC. The molecule has 71 heavy (non-hydrogen) atoms. The van der Waals surface area contributed by atoms with E-state index < -0.39 is 123 Å². The van der Waals surface area contributed by atoms with Crippen LogP contribution in [0.1, 0.15) is 207 Å². The first-order chi connectivity index (χ1) is 34.2. The Morgan fingerprint density at radius 3 is 1.62 bits per heavy atom. The van der Waals surface area contributed by atoms with Gasteiger partial charge in [0.15, 0.2) is 12.3 Å². The Hall–Kier alpha value is -2.56. The molecule has 10 N–H and O–H groups in total. The molecule has 2 heterocycles. The average molecular weight is 1020 g/mol. The molecule has 2 rings (SSSR count). The minimum Gasteiger partial charge on any atom is -0.477 e. The molecule has 2 aliphatic heterocycles. The van der Waals surface area contributed by atoms with Crippen molar-refractivity contribution in [3.05, 3.63) is 0 Å². The molecule has 12 atom stereocenters. The molecule has 2 aliphatic rings. The third-order valence-electron chi connectivity index (χ3n) is 13.6. The fourth-order valence-electron chi connectivity index (χ4n) is 9.30. The lowest BCUT2D eigenvalue weighted by molar-refractivity contribution is -0.370. The maximum atomic E-state index is 13.5. The molecule has 0 spiro atoms. The van der Waals surface area contributed by atoms with Crippen molar-refractivity contribution in [3.8, 4) is 0 Å². The van der Waals surface area contributed by atoms with Crippen molar-refractivity contribution < 1.29 is 83.7 Å². The molecule has 2 fully saturated rings. The van der Waals surface area contributed by atoms with Gasteiger partial charge in [-0.2, -0.15) is 0 Å². The summed E-state index contributed by atoms with van der Waals surface area (Å²) >= 11 is 0. The van der Waals surface area contributed by atoms with Crippen LogP contribution in [0.25, 0.3) is 0 Å². The van der Waals surface area contributed by atoms with Gasteiger partial charge in [-0.3, -0.25) is 9.59 Å². The number of unbranched alkanes of at least 4 members (excludes halogenated alkanes) is 25. The molecule has 19 nitrogen and oxygen atoms in total. The predicted octanol–water partition coefficient (Wildman–Crippen LogP) is 4.97. The van der Waals surface area contributed by atoms with Crippen molar-refractivity contribution in [3.63, 3.8) is 0 Å². The first kappa shape index (κ1) is 64.6. The standard InChI is InChI=1S/C52H96N2O17/c1-4-6-8-10-12-14-16-18-19-20-21-23-25-27-29-31-42(60)54-38(49(64)67-32-30-28-26-24-22-17-15-13-11-9-7-5-2)36-68-50-46(63)48(45(62)41(35-56)69-50)71-52(51(65)66)33-39(58)43(53-37(3)57)47(70-52)44(61)40(59)34-55/h38-41,43-48,50,55-56,58-59,61-63H,4-36H2,1-3H3,(H,53,57)(H,54,60)(H,65,66)/t38-,39-,40+,41+,43+,44+,45-,46+,47+,48-,50+,52-/m0/s1. The monoisotopic (exact) mass is 1020 g/mol. The Kier molecular flexibility index (Phi) is 34.6. The number of hydrogen-bond acceptors (Lipinski definition) is 16. The number of hydrogen-bond donors (Lipinski definition) is 10. The zero-order chi connectivity index (χ0) is 52.4. The summed E-state index contributed by atoms with van der Waals surface area (Å²) in [5.74, 6) is -6.84. The lowest BCUT2D eigenvalue weighted by Crippen LogP contribution is -2.70. The molecule has 19 heteroatoms. The van der Waals surface area contributed by atoms with Crippen LogP contribution in [-0.4, -0.2) is 164 Å². The summed E-state index contributed by atoms with van der Waals surface area (Å²) in [6, 6.07) is -2.89. The fraction of sp³-hybridized carbons (Fsp3) is 0.923. The van der Waals surface area contributed by atoms with E-state index in [0.717, 1.165) is 58.3 Å². The van der Waals surface area contributed by atoms with Gasteiger partial charge in [0.05, 0.1) is 38.6 Å². The van der Waals surface area contributed by atoms with E-state index in [0.29, 0.717) is 12.8 Å². The molecular weight excluding hydrogens is 925 g/mol. The zero-order valence-electron chi connectivity index (χ0n) is 43.4. The Labute approximate surface area is 423 Å². The second-order valence-electron chi connectivity index (χ2n) is 19.9. The van der Waals surface area contributed by atoms with Gasteiger partial charge >= 0.3 is 11.9 Å². The van der Waals surface area contributed by atoms with Crippen molar-refractivity contribution in [2.75, 3.05) is 26.4 Å². The molecule has 2 amide bonds. The Bertz CT molecular complexity index is 1430. The first-order valence-corrected chi connectivity index (χ1v) is 27.4. The molecule has 0 saturated carbocycles. The van der Waals surface area contributed by atoms with Crippen LogP contribution in [0.2, 0.25) is 0 Å². The van der Waals surface area contributed by atoms with Gasteiger partial charge in [-0.1, -0.05) is 174 Å². The number of nitrogens with one attached hydrogen (secondary N) is 2. The number of aliphatic hydroxyl groups excluding tert-OH is 7. The summed E-state index contributed by atoms with van der Waals surface area (Å²) in [6.07, 6.45) is 13.0. The Morgan fingerprint density at radius 1 is 0.690 bits per heavy atom. The van der Waals surface area contributed by atoms with Gasteiger partial charge in [0.25, 0.3) is 5.79 Å². The number of carbonyl (C=O) groups is 4. The lowest BCUT2D eigenvalue weighted by atomic mass is 9.88. The second kappa shape index (κ2) is 38.1. The smallest absolute Gasteiger partial charge is 0.364 e. The first-order valence-electron chi connectivity index (χ1n) is 27.4. The topological polar surface area (TPSA) is 300 Å². The molecule has 0 aromatic carbocycles. The predicted molar refractivity (Wildman–Crippen MR) is 265 cm³/mol. The van der Waals surface area contributed by atoms with Gasteiger partial charge in [0, 0.05) is 19.8 Å². The zero-order valence-corrected chi connectivity index (χ0v) is 43.4. The highest BCUT2D eigenvalue weighted by atomic mass is 16.8. The number of aliphatic hydroxyl groups is 7. The van der Waals surface area contributed by atoms with Crippen LogP contribution in [0.5, 0.6) is 0 Å². The number of esters is 1. The number of carboxylic acids is 1. The molecule has 0 bridgehead atoms. The summed E-state index contributed by atoms with van der Waals surface area (Å²) in [6.45, 7) is 3.08. The van der Waals surface area contributed by atoms with Gasteiger partial charge in [-0.15, -0.1) is 0 Å². The van der Waals surface area contributed by atoms with Crippen molar-refractivity contribution in [1.82, 2.24) is 10.6 Å². The van der Waals surface area contributed by atoms with E-state index >= 15 is 0 Å². The van der Waals surface area contributed by atoms with Crippen molar-refractivity contribution in [2.45, 2.75) is 280 Å². The summed E-state index contributed by atoms with van der Waals surface area (Å²) < 4.78 is 28.5. The largest absolute Gasteiger partial charge is 0.477 e. The number of ether oxygens (including phenoxy) is 5. The minimum atomic E-state index is -2.98. The number of carbonyl (C=O) groups excluding carboxylic acids is 3. The van der Waals surface area contributed by atoms with E-state index in [9.17, 15) is 60.0 Å². The molecular formula is C52H96N2O17. The van der Waals surface area contributed by atoms with Crippen molar-refractivity contribution in [2.24, 2.45) is 0 Å². The third kappa shape index (κ3) is 25.0. The third-order valence-corrected chi connectivity index (χ3v) is 13.6. The summed E-state index contributed by atoms with van der Waals surface area (Å²) in [5, 5.41) is 90.1. The highest BCUT2D eigenvalue weighted by Gasteiger charge is 2.59. The van der Waals surface area contributed by atoms with Crippen LogP contribution in [0.15, 0.2) is 0 Å². The van der Waals surface area contributed by atoms with Crippen LogP contribution in [0, 0.1) is 0 Å². The van der Waals surface area contributed by atoms with Crippen LogP contribution in [-0.2, 0) is 42.9 Å². The van der Waals surface area contributed by atoms with Crippen LogP contribution < -0.4 is 10.6 Å². The van der Waals surface area contributed by atoms with E-state index in [1.54, 1.807) is 0 Å². The quantitative estimate of drug-likeness (QED) is 0.0285. The maximum absolute atomic E-state index is 13.5. The molecule has 0 aromatic rings. The maximum Gasteiger partial charge on any atom is 0.364 e. The van der Waals surface area contributed by atoms with E-state index in [4.69, 9.17) is 23.7 Å². The van der Waals surface area contributed by atoms with Crippen molar-refractivity contribution >= 4 is 23.8 Å². The number of amides is 2. The average Bonchev–Trinajstić information content (AvgIpc) is 3.34. The Balaban J connectivity index is 2.08. The molecule has 0 radical (unpaired) electrons. The van der Waals surface area contributed by atoms with Gasteiger partial charge < -0.3 is 75.2 Å². The highest BCUT2D eigenvalue weighted by molar-refractivity contribution is 5.84. The molecule has 0 aliphatic carbocycles. The Morgan fingerprint density at radius 2 is 1.17 bits per heavy atom. The second-order valence-corrected chi connectivity index (χ2v) is 19.9.